The van der Waals surface area contributed by atoms with Crippen LogP contribution in [-0.4, -0.2) is 23.3 Å². The van der Waals surface area contributed by atoms with Gasteiger partial charge in [0.15, 0.2) is 0 Å². The highest BCUT2D eigenvalue weighted by atomic mass is 32.1. The van der Waals surface area contributed by atoms with Crippen molar-refractivity contribution in [3.63, 3.8) is 0 Å². The lowest BCUT2D eigenvalue weighted by Gasteiger charge is -2.38. The van der Waals surface area contributed by atoms with Crippen LogP contribution in [0.1, 0.15) is 37.5 Å². The SMILES string of the molecule is CCC(Cc1cccs1)NCC1(O)CCC1. The Morgan fingerprint density at radius 2 is 2.38 bits per heavy atom. The van der Waals surface area contributed by atoms with Gasteiger partial charge in [0.05, 0.1) is 5.60 Å². The van der Waals surface area contributed by atoms with E-state index in [4.69, 9.17) is 0 Å². The molecule has 1 aliphatic rings. The second-order valence-corrected chi connectivity index (χ2v) is 5.88. The largest absolute Gasteiger partial charge is 0.389 e. The van der Waals surface area contributed by atoms with E-state index >= 15 is 0 Å². The molecule has 1 aliphatic carbocycles. The van der Waals surface area contributed by atoms with Crippen molar-refractivity contribution >= 4 is 11.3 Å². The summed E-state index contributed by atoms with van der Waals surface area (Å²) in [7, 11) is 0. The lowest BCUT2D eigenvalue weighted by Crippen LogP contribution is -2.49. The predicted molar refractivity (Wildman–Crippen MR) is 68.9 cm³/mol. The summed E-state index contributed by atoms with van der Waals surface area (Å²) >= 11 is 1.82. The van der Waals surface area contributed by atoms with Gasteiger partial charge in [0, 0.05) is 17.5 Å². The van der Waals surface area contributed by atoms with Crippen LogP contribution in [0.5, 0.6) is 0 Å². The van der Waals surface area contributed by atoms with Crippen LogP contribution in [0.15, 0.2) is 17.5 Å². The van der Waals surface area contributed by atoms with Gasteiger partial charge in [-0.05, 0) is 43.6 Å². The van der Waals surface area contributed by atoms with Crippen LogP contribution in [0, 0.1) is 0 Å². The van der Waals surface area contributed by atoms with Crippen LogP contribution in [0.2, 0.25) is 0 Å². The van der Waals surface area contributed by atoms with Crippen LogP contribution in [0.3, 0.4) is 0 Å². The average Bonchev–Trinajstić information content (AvgIpc) is 2.74. The fourth-order valence-corrected chi connectivity index (χ4v) is 2.91. The molecule has 0 bridgehead atoms. The van der Waals surface area contributed by atoms with Crippen molar-refractivity contribution in [2.45, 2.75) is 50.7 Å². The molecule has 16 heavy (non-hydrogen) atoms. The van der Waals surface area contributed by atoms with Crippen molar-refractivity contribution < 1.29 is 5.11 Å². The Morgan fingerprint density at radius 3 is 2.88 bits per heavy atom. The van der Waals surface area contributed by atoms with Gasteiger partial charge in [0.1, 0.15) is 0 Å². The fraction of sp³-hybridized carbons (Fsp3) is 0.692. The first kappa shape index (κ1) is 12.1. The zero-order valence-corrected chi connectivity index (χ0v) is 10.7. The third-order valence-electron chi connectivity index (χ3n) is 3.52. The molecule has 0 radical (unpaired) electrons. The minimum atomic E-state index is -0.400. The molecule has 1 saturated carbocycles. The molecule has 1 heterocycles. The Bertz CT molecular complexity index is 306. The van der Waals surface area contributed by atoms with E-state index in [1.54, 1.807) is 0 Å². The summed E-state index contributed by atoms with van der Waals surface area (Å²) in [4.78, 5) is 1.43. The van der Waals surface area contributed by atoms with Gasteiger partial charge in [-0.3, -0.25) is 0 Å². The van der Waals surface area contributed by atoms with Gasteiger partial charge in [0.25, 0.3) is 0 Å². The lowest BCUT2D eigenvalue weighted by molar-refractivity contribution is -0.0332. The molecule has 0 spiro atoms. The van der Waals surface area contributed by atoms with Crippen molar-refractivity contribution in [2.24, 2.45) is 0 Å². The van der Waals surface area contributed by atoms with Crippen LogP contribution < -0.4 is 5.32 Å². The molecule has 0 amide bonds. The summed E-state index contributed by atoms with van der Waals surface area (Å²) in [6, 6.07) is 4.79. The van der Waals surface area contributed by atoms with Crippen molar-refractivity contribution in [1.29, 1.82) is 0 Å². The number of nitrogens with one attached hydrogen (secondary N) is 1. The highest BCUT2D eigenvalue weighted by molar-refractivity contribution is 7.09. The summed E-state index contributed by atoms with van der Waals surface area (Å²) in [6.07, 6.45) is 5.32. The maximum Gasteiger partial charge on any atom is 0.0771 e. The summed E-state index contributed by atoms with van der Waals surface area (Å²) in [5, 5.41) is 15.7. The second kappa shape index (κ2) is 5.30. The van der Waals surface area contributed by atoms with Gasteiger partial charge in [-0.15, -0.1) is 11.3 Å². The van der Waals surface area contributed by atoms with Gasteiger partial charge in [0.2, 0.25) is 0 Å². The van der Waals surface area contributed by atoms with Crippen molar-refractivity contribution in [3.05, 3.63) is 22.4 Å². The maximum absolute atomic E-state index is 10.0. The van der Waals surface area contributed by atoms with Gasteiger partial charge in [-0.1, -0.05) is 13.0 Å². The van der Waals surface area contributed by atoms with Crippen LogP contribution in [0.25, 0.3) is 0 Å². The lowest BCUT2D eigenvalue weighted by atomic mass is 9.80. The van der Waals surface area contributed by atoms with Crippen LogP contribution in [0.4, 0.5) is 0 Å². The Balaban J connectivity index is 1.77. The molecule has 1 aromatic heterocycles. The highest BCUT2D eigenvalue weighted by Crippen LogP contribution is 2.30. The van der Waals surface area contributed by atoms with E-state index in [0.29, 0.717) is 6.04 Å². The minimum Gasteiger partial charge on any atom is -0.389 e. The number of hydrogen-bond donors (Lipinski definition) is 2. The zero-order valence-electron chi connectivity index (χ0n) is 9.91. The average molecular weight is 239 g/mol. The highest BCUT2D eigenvalue weighted by Gasteiger charge is 2.34. The van der Waals surface area contributed by atoms with Gasteiger partial charge >= 0.3 is 0 Å². The molecule has 0 saturated heterocycles. The Labute approximate surface area is 102 Å². The topological polar surface area (TPSA) is 32.3 Å². The summed E-state index contributed by atoms with van der Waals surface area (Å²) in [5.74, 6) is 0. The molecule has 0 aromatic carbocycles. The molecule has 2 N–H and O–H groups in total. The predicted octanol–water partition coefficient (Wildman–Crippen LogP) is 2.57. The smallest absolute Gasteiger partial charge is 0.0771 e. The van der Waals surface area contributed by atoms with E-state index in [1.807, 2.05) is 11.3 Å². The van der Waals surface area contributed by atoms with Crippen LogP contribution in [-0.2, 0) is 6.42 Å². The quantitative estimate of drug-likeness (QED) is 0.799. The molecule has 1 unspecified atom stereocenters. The van der Waals surface area contributed by atoms with Crippen molar-refractivity contribution in [3.8, 4) is 0 Å². The monoisotopic (exact) mass is 239 g/mol. The van der Waals surface area contributed by atoms with Gasteiger partial charge < -0.3 is 10.4 Å². The van der Waals surface area contributed by atoms with E-state index in [2.05, 4.69) is 29.8 Å². The maximum atomic E-state index is 10.0. The van der Waals surface area contributed by atoms with E-state index in [1.165, 1.54) is 11.3 Å². The molecule has 0 aliphatic heterocycles. The van der Waals surface area contributed by atoms with Crippen molar-refractivity contribution in [1.82, 2.24) is 5.32 Å². The van der Waals surface area contributed by atoms with Crippen molar-refractivity contribution in [2.75, 3.05) is 6.54 Å². The Kier molecular flexibility index (Phi) is 4.00. The standard InChI is InChI=1S/C13H21NOS/c1-2-11(9-12-5-3-8-16-12)14-10-13(15)6-4-7-13/h3,5,8,11,14-15H,2,4,6-7,9-10H2,1H3. The summed E-state index contributed by atoms with van der Waals surface area (Å²) in [5.41, 5.74) is -0.400. The normalized spacial score (nSPS) is 20.4. The number of hydrogen-bond acceptors (Lipinski definition) is 3. The molecular formula is C13H21NOS. The molecule has 1 fully saturated rings. The number of rotatable bonds is 6. The Morgan fingerprint density at radius 1 is 1.56 bits per heavy atom. The fourth-order valence-electron chi connectivity index (χ4n) is 2.13. The first-order valence-corrected chi connectivity index (χ1v) is 7.08. The molecular weight excluding hydrogens is 218 g/mol. The zero-order chi connectivity index (χ0) is 11.4. The van der Waals surface area contributed by atoms with E-state index in [0.717, 1.165) is 32.2 Å². The molecule has 2 nitrogen and oxygen atoms in total. The molecule has 2 rings (SSSR count). The van der Waals surface area contributed by atoms with Gasteiger partial charge in [-0.2, -0.15) is 0 Å². The van der Waals surface area contributed by atoms with Crippen LogP contribution >= 0.6 is 11.3 Å². The number of aliphatic hydroxyl groups is 1. The minimum absolute atomic E-state index is 0.400. The van der Waals surface area contributed by atoms with E-state index in [-0.39, 0.29) is 0 Å². The third kappa shape index (κ3) is 3.06. The van der Waals surface area contributed by atoms with E-state index in [9.17, 15) is 5.11 Å². The molecule has 1 aromatic rings. The Hall–Kier alpha value is -0.380. The first-order chi connectivity index (χ1) is 7.72. The third-order valence-corrected chi connectivity index (χ3v) is 4.42. The summed E-state index contributed by atoms with van der Waals surface area (Å²) in [6.45, 7) is 2.97. The summed E-state index contributed by atoms with van der Waals surface area (Å²) < 4.78 is 0. The molecule has 90 valence electrons. The van der Waals surface area contributed by atoms with E-state index < -0.39 is 5.60 Å². The first-order valence-electron chi connectivity index (χ1n) is 6.20. The molecule has 1 atom stereocenters. The second-order valence-electron chi connectivity index (χ2n) is 4.85. The van der Waals surface area contributed by atoms with Gasteiger partial charge in [-0.25, -0.2) is 0 Å². The molecule has 3 heteroatoms. The number of thiophene rings is 1.